The lowest BCUT2D eigenvalue weighted by Crippen LogP contribution is -2.15. The van der Waals surface area contributed by atoms with E-state index in [0.29, 0.717) is 13.0 Å². The Labute approximate surface area is 151 Å². The monoisotopic (exact) mass is 342 g/mol. The van der Waals surface area contributed by atoms with Gasteiger partial charge < -0.3 is 4.74 Å². The second-order valence-electron chi connectivity index (χ2n) is 6.00. The highest BCUT2D eigenvalue weighted by Gasteiger charge is 2.10. The minimum atomic E-state index is -0.445. The van der Waals surface area contributed by atoms with Crippen LogP contribution >= 0.6 is 0 Å². The molecule has 1 amide bonds. The first kappa shape index (κ1) is 16.1. The highest BCUT2D eigenvalue weighted by Crippen LogP contribution is 2.26. The van der Waals surface area contributed by atoms with Crippen molar-refractivity contribution in [2.45, 2.75) is 6.42 Å². The fraction of sp³-hybridized carbons (Fsp3) is 0.0909. The van der Waals surface area contributed by atoms with Gasteiger partial charge >= 0.3 is 6.09 Å². The third-order valence-corrected chi connectivity index (χ3v) is 4.30. The number of anilines is 1. The Hall–Kier alpha value is -3.40. The molecule has 0 saturated heterocycles. The number of rotatable bonds is 4. The number of para-hydroxylation sites is 3. The van der Waals surface area contributed by atoms with Crippen LogP contribution in [0.2, 0.25) is 0 Å². The summed E-state index contributed by atoms with van der Waals surface area (Å²) in [7, 11) is 0. The molecule has 1 heterocycles. The van der Waals surface area contributed by atoms with Gasteiger partial charge in [0.05, 0.1) is 17.6 Å². The highest BCUT2D eigenvalue weighted by atomic mass is 16.5. The van der Waals surface area contributed by atoms with Crippen LogP contribution in [-0.4, -0.2) is 17.7 Å². The Morgan fingerprint density at radius 1 is 0.808 bits per heavy atom. The molecular weight excluding hydrogens is 324 g/mol. The van der Waals surface area contributed by atoms with Crippen molar-refractivity contribution >= 4 is 33.6 Å². The normalized spacial score (nSPS) is 10.8. The first-order valence-corrected chi connectivity index (χ1v) is 8.56. The quantitative estimate of drug-likeness (QED) is 0.520. The van der Waals surface area contributed by atoms with E-state index in [4.69, 9.17) is 9.72 Å². The number of amides is 1. The van der Waals surface area contributed by atoms with E-state index < -0.39 is 6.09 Å². The lowest BCUT2D eigenvalue weighted by Gasteiger charge is -2.11. The number of carbonyl (C=O) groups excluding carboxylic acids is 1. The molecule has 4 heteroatoms. The molecule has 4 aromatic rings. The number of aromatic nitrogens is 1. The molecular formula is C22H18N2O2. The van der Waals surface area contributed by atoms with Gasteiger partial charge in [0, 0.05) is 22.9 Å². The number of nitrogens with zero attached hydrogens (tertiary/aromatic N) is 1. The second kappa shape index (κ2) is 7.23. The second-order valence-corrected chi connectivity index (χ2v) is 6.00. The molecule has 3 aromatic carbocycles. The third-order valence-electron chi connectivity index (χ3n) is 4.30. The zero-order chi connectivity index (χ0) is 17.8. The summed E-state index contributed by atoms with van der Waals surface area (Å²) in [4.78, 5) is 16.7. The molecule has 4 rings (SSSR count). The van der Waals surface area contributed by atoms with Crippen molar-refractivity contribution in [2.24, 2.45) is 0 Å². The van der Waals surface area contributed by atoms with E-state index in [1.165, 1.54) is 0 Å². The molecule has 128 valence electrons. The van der Waals surface area contributed by atoms with Crippen molar-refractivity contribution in [2.75, 3.05) is 11.9 Å². The van der Waals surface area contributed by atoms with Crippen molar-refractivity contribution in [1.82, 2.24) is 4.98 Å². The van der Waals surface area contributed by atoms with Crippen molar-refractivity contribution < 1.29 is 9.53 Å². The molecule has 0 atom stereocenters. The number of hydrogen-bond acceptors (Lipinski definition) is 3. The minimum absolute atomic E-state index is 0.302. The Morgan fingerprint density at radius 2 is 1.38 bits per heavy atom. The van der Waals surface area contributed by atoms with E-state index in [2.05, 4.69) is 17.4 Å². The molecule has 1 N–H and O–H groups in total. The van der Waals surface area contributed by atoms with E-state index in [-0.39, 0.29) is 0 Å². The van der Waals surface area contributed by atoms with E-state index in [0.717, 1.165) is 33.1 Å². The highest BCUT2D eigenvalue weighted by molar-refractivity contribution is 5.97. The molecule has 0 bridgehead atoms. The van der Waals surface area contributed by atoms with E-state index in [1.54, 1.807) is 0 Å². The zero-order valence-corrected chi connectivity index (χ0v) is 14.2. The molecule has 4 nitrogen and oxygen atoms in total. The Balaban J connectivity index is 1.53. The summed E-state index contributed by atoms with van der Waals surface area (Å²) in [5.74, 6) is 0. The average Bonchev–Trinajstić information content (AvgIpc) is 2.68. The Morgan fingerprint density at radius 3 is 2.04 bits per heavy atom. The van der Waals surface area contributed by atoms with Crippen LogP contribution in [-0.2, 0) is 11.2 Å². The number of fused-ring (bicyclic) bond motifs is 2. The van der Waals surface area contributed by atoms with Crippen LogP contribution in [0, 0.1) is 0 Å². The zero-order valence-electron chi connectivity index (χ0n) is 14.2. The maximum atomic E-state index is 12.0. The molecule has 0 aliphatic heterocycles. The van der Waals surface area contributed by atoms with Gasteiger partial charge in [-0.15, -0.1) is 0 Å². The molecule has 0 spiro atoms. The number of carbonyl (C=O) groups is 1. The van der Waals surface area contributed by atoms with Gasteiger partial charge in [0.15, 0.2) is 0 Å². The predicted octanol–water partition coefficient (Wildman–Crippen LogP) is 5.18. The summed E-state index contributed by atoms with van der Waals surface area (Å²) >= 11 is 0. The lowest BCUT2D eigenvalue weighted by atomic mass is 10.0. The molecule has 1 aromatic heterocycles. The summed E-state index contributed by atoms with van der Waals surface area (Å²) in [5.41, 5.74) is 3.78. The SMILES string of the molecule is O=C(Nc1ccccc1)OCCc1c2ccccc2nc2ccccc12. The standard InChI is InChI=1S/C22H18N2O2/c25-22(23-16-8-2-1-3-9-16)26-15-14-17-18-10-4-6-12-20(18)24-21-13-7-5-11-19(17)21/h1-13H,14-15H2,(H,23,25). The number of hydrogen-bond donors (Lipinski definition) is 1. The van der Waals surface area contributed by atoms with E-state index in [1.807, 2.05) is 66.7 Å². The number of nitrogens with one attached hydrogen (secondary N) is 1. The molecule has 0 saturated carbocycles. The van der Waals surface area contributed by atoms with Crippen LogP contribution in [0.5, 0.6) is 0 Å². The number of benzene rings is 3. The van der Waals surface area contributed by atoms with Gasteiger partial charge in [-0.25, -0.2) is 9.78 Å². The summed E-state index contributed by atoms with van der Waals surface area (Å²) in [6.45, 7) is 0.302. The average molecular weight is 342 g/mol. The summed E-state index contributed by atoms with van der Waals surface area (Å²) < 4.78 is 5.38. The maximum absolute atomic E-state index is 12.0. The molecule has 0 unspecified atom stereocenters. The van der Waals surface area contributed by atoms with Crippen LogP contribution in [0.3, 0.4) is 0 Å². The number of ether oxygens (including phenoxy) is 1. The summed E-state index contributed by atoms with van der Waals surface area (Å²) in [5, 5.41) is 4.92. The topological polar surface area (TPSA) is 51.2 Å². The van der Waals surface area contributed by atoms with Crippen molar-refractivity contribution in [3.63, 3.8) is 0 Å². The molecule has 0 aliphatic rings. The van der Waals surface area contributed by atoms with Crippen molar-refractivity contribution in [3.8, 4) is 0 Å². The largest absolute Gasteiger partial charge is 0.449 e. The van der Waals surface area contributed by atoms with Crippen LogP contribution in [0.25, 0.3) is 21.8 Å². The van der Waals surface area contributed by atoms with Gasteiger partial charge in [0.2, 0.25) is 0 Å². The van der Waals surface area contributed by atoms with Crippen LogP contribution in [0.15, 0.2) is 78.9 Å². The third kappa shape index (κ3) is 3.35. The molecule has 0 radical (unpaired) electrons. The first-order chi connectivity index (χ1) is 12.8. The molecule has 0 fully saturated rings. The van der Waals surface area contributed by atoms with Gasteiger partial charge in [-0.1, -0.05) is 54.6 Å². The van der Waals surface area contributed by atoms with Gasteiger partial charge in [-0.2, -0.15) is 0 Å². The van der Waals surface area contributed by atoms with Gasteiger partial charge in [-0.3, -0.25) is 5.32 Å². The van der Waals surface area contributed by atoms with Gasteiger partial charge in [-0.05, 0) is 29.8 Å². The van der Waals surface area contributed by atoms with E-state index in [9.17, 15) is 4.79 Å². The summed E-state index contributed by atoms with van der Waals surface area (Å²) in [6.07, 6.45) is 0.185. The van der Waals surface area contributed by atoms with Crippen LogP contribution in [0.1, 0.15) is 5.56 Å². The van der Waals surface area contributed by atoms with E-state index >= 15 is 0 Å². The minimum Gasteiger partial charge on any atom is -0.449 e. The fourth-order valence-corrected chi connectivity index (χ4v) is 3.12. The Bertz CT molecular complexity index is 1010. The Kier molecular flexibility index (Phi) is 4.48. The van der Waals surface area contributed by atoms with Gasteiger partial charge in [0.1, 0.15) is 0 Å². The van der Waals surface area contributed by atoms with Crippen LogP contribution in [0.4, 0.5) is 10.5 Å². The fourth-order valence-electron chi connectivity index (χ4n) is 3.12. The van der Waals surface area contributed by atoms with Crippen molar-refractivity contribution in [1.29, 1.82) is 0 Å². The first-order valence-electron chi connectivity index (χ1n) is 8.56. The van der Waals surface area contributed by atoms with Gasteiger partial charge in [0.25, 0.3) is 0 Å². The smallest absolute Gasteiger partial charge is 0.411 e. The maximum Gasteiger partial charge on any atom is 0.411 e. The predicted molar refractivity (Wildman–Crippen MR) is 104 cm³/mol. The van der Waals surface area contributed by atoms with Crippen molar-refractivity contribution in [3.05, 3.63) is 84.4 Å². The number of pyridine rings is 1. The molecule has 0 aliphatic carbocycles. The van der Waals surface area contributed by atoms with Crippen LogP contribution < -0.4 is 5.32 Å². The lowest BCUT2D eigenvalue weighted by molar-refractivity contribution is 0.163. The molecule has 26 heavy (non-hydrogen) atoms. The summed E-state index contributed by atoms with van der Waals surface area (Å²) in [6, 6.07) is 25.4.